The number of fused-ring (bicyclic) bond motifs is 6. The van der Waals surface area contributed by atoms with Gasteiger partial charge < -0.3 is 18.9 Å². The molecule has 204 valence electrons. The Labute approximate surface area is 232 Å². The molecule has 6 nitrogen and oxygen atoms in total. The molecule has 4 aliphatic rings. The summed E-state index contributed by atoms with van der Waals surface area (Å²) in [4.78, 5) is 25.5. The molecular formula is C32H33ClO6. The number of esters is 2. The fourth-order valence-corrected chi connectivity index (χ4v) is 7.88. The second kappa shape index (κ2) is 10.2. The number of halogens is 1. The SMILES string of the molecule is O=C(COc1c2ccccc2c(OCC(=O)OC2CC3CCC2C3)c2cc(Cl)ccc12)OC1CC2CCC1C2. The summed E-state index contributed by atoms with van der Waals surface area (Å²) in [5.41, 5.74) is 0. The van der Waals surface area contributed by atoms with E-state index in [1.807, 2.05) is 30.3 Å². The topological polar surface area (TPSA) is 71.1 Å². The van der Waals surface area contributed by atoms with Crippen LogP contribution < -0.4 is 9.47 Å². The van der Waals surface area contributed by atoms with Gasteiger partial charge >= 0.3 is 11.9 Å². The molecule has 4 saturated carbocycles. The van der Waals surface area contributed by atoms with E-state index < -0.39 is 0 Å². The molecule has 6 atom stereocenters. The van der Waals surface area contributed by atoms with E-state index in [0.29, 0.717) is 45.6 Å². The zero-order chi connectivity index (χ0) is 26.5. The van der Waals surface area contributed by atoms with Gasteiger partial charge in [-0.15, -0.1) is 0 Å². The van der Waals surface area contributed by atoms with Crippen molar-refractivity contribution in [3.63, 3.8) is 0 Å². The molecule has 4 fully saturated rings. The highest BCUT2D eigenvalue weighted by atomic mass is 35.5. The van der Waals surface area contributed by atoms with Crippen LogP contribution in [-0.4, -0.2) is 37.4 Å². The predicted octanol–water partition coefficient (Wildman–Crippen LogP) is 6.87. The molecule has 7 rings (SSSR count). The van der Waals surface area contributed by atoms with Crippen LogP contribution >= 0.6 is 11.6 Å². The maximum absolute atomic E-state index is 12.8. The Morgan fingerprint density at radius 2 is 1.18 bits per heavy atom. The summed E-state index contributed by atoms with van der Waals surface area (Å²) in [6, 6.07) is 13.1. The van der Waals surface area contributed by atoms with Crippen molar-refractivity contribution in [3.05, 3.63) is 47.5 Å². The molecule has 0 N–H and O–H groups in total. The van der Waals surface area contributed by atoms with Crippen LogP contribution in [0.5, 0.6) is 11.5 Å². The molecule has 39 heavy (non-hydrogen) atoms. The van der Waals surface area contributed by atoms with Gasteiger partial charge in [0, 0.05) is 26.6 Å². The molecular weight excluding hydrogens is 516 g/mol. The van der Waals surface area contributed by atoms with Gasteiger partial charge in [0.2, 0.25) is 0 Å². The summed E-state index contributed by atoms with van der Waals surface area (Å²) in [6.45, 7) is -0.360. The van der Waals surface area contributed by atoms with E-state index in [1.165, 1.54) is 25.7 Å². The Kier molecular flexibility index (Phi) is 6.54. The third kappa shape index (κ3) is 4.82. The lowest BCUT2D eigenvalue weighted by molar-refractivity contribution is -0.154. The third-order valence-electron chi connectivity index (χ3n) is 9.47. The van der Waals surface area contributed by atoms with E-state index in [1.54, 1.807) is 12.1 Å². The lowest BCUT2D eigenvalue weighted by Gasteiger charge is -2.23. The van der Waals surface area contributed by atoms with Crippen LogP contribution in [0.4, 0.5) is 0 Å². The number of carbonyl (C=O) groups excluding carboxylic acids is 2. The van der Waals surface area contributed by atoms with Crippen LogP contribution in [0.25, 0.3) is 21.5 Å². The fourth-order valence-electron chi connectivity index (χ4n) is 7.71. The van der Waals surface area contributed by atoms with E-state index in [9.17, 15) is 9.59 Å². The average Bonchev–Trinajstić information content (AvgIpc) is 3.73. The van der Waals surface area contributed by atoms with Crippen LogP contribution in [0.1, 0.15) is 51.4 Å². The van der Waals surface area contributed by atoms with Gasteiger partial charge in [-0.3, -0.25) is 0 Å². The van der Waals surface area contributed by atoms with Gasteiger partial charge in [0.15, 0.2) is 13.2 Å². The summed E-state index contributed by atoms with van der Waals surface area (Å²) in [6.07, 6.45) is 9.11. The van der Waals surface area contributed by atoms with Gasteiger partial charge in [0.1, 0.15) is 23.7 Å². The summed E-state index contributed by atoms with van der Waals surface area (Å²) in [7, 11) is 0. The number of rotatable bonds is 8. The van der Waals surface area contributed by atoms with E-state index in [-0.39, 0.29) is 37.4 Å². The van der Waals surface area contributed by atoms with Crippen molar-refractivity contribution in [2.75, 3.05) is 13.2 Å². The van der Waals surface area contributed by atoms with Crippen molar-refractivity contribution in [2.45, 2.75) is 63.6 Å². The van der Waals surface area contributed by atoms with E-state index in [4.69, 9.17) is 30.5 Å². The molecule has 4 aliphatic carbocycles. The summed E-state index contributed by atoms with van der Waals surface area (Å²) < 4.78 is 23.9. The first-order chi connectivity index (χ1) is 19.0. The molecule has 6 unspecified atom stereocenters. The van der Waals surface area contributed by atoms with Crippen molar-refractivity contribution in [3.8, 4) is 11.5 Å². The quantitative estimate of drug-likeness (QED) is 0.226. The van der Waals surface area contributed by atoms with Crippen LogP contribution in [-0.2, 0) is 19.1 Å². The fraction of sp³-hybridized carbons (Fsp3) is 0.500. The zero-order valence-electron chi connectivity index (χ0n) is 21.9. The van der Waals surface area contributed by atoms with Crippen molar-refractivity contribution in [1.29, 1.82) is 0 Å². The first kappa shape index (κ1) is 25.0. The van der Waals surface area contributed by atoms with E-state index in [0.717, 1.165) is 41.8 Å². The highest BCUT2D eigenvalue weighted by molar-refractivity contribution is 6.31. The number of carbonyl (C=O) groups is 2. The van der Waals surface area contributed by atoms with Gasteiger partial charge in [-0.1, -0.05) is 35.9 Å². The van der Waals surface area contributed by atoms with Crippen LogP contribution in [0.15, 0.2) is 42.5 Å². The van der Waals surface area contributed by atoms with E-state index >= 15 is 0 Å². The van der Waals surface area contributed by atoms with Gasteiger partial charge in [0.25, 0.3) is 0 Å². The smallest absolute Gasteiger partial charge is 0.344 e. The molecule has 0 saturated heterocycles. The van der Waals surface area contributed by atoms with Crippen molar-refractivity contribution in [1.82, 2.24) is 0 Å². The Balaban J connectivity index is 1.12. The number of hydrogen-bond acceptors (Lipinski definition) is 6. The lowest BCUT2D eigenvalue weighted by atomic mass is 9.98. The monoisotopic (exact) mass is 548 g/mol. The van der Waals surface area contributed by atoms with Gasteiger partial charge in [-0.25, -0.2) is 9.59 Å². The molecule has 0 spiro atoms. The van der Waals surface area contributed by atoms with Gasteiger partial charge in [-0.2, -0.15) is 0 Å². The lowest BCUT2D eigenvalue weighted by Crippen LogP contribution is -2.27. The molecule has 3 aromatic rings. The Morgan fingerprint density at radius 1 is 0.667 bits per heavy atom. The van der Waals surface area contributed by atoms with E-state index in [2.05, 4.69) is 0 Å². The molecule has 0 heterocycles. The van der Waals surface area contributed by atoms with Gasteiger partial charge in [-0.05, 0) is 93.2 Å². The summed E-state index contributed by atoms with van der Waals surface area (Å²) >= 11 is 6.40. The number of ether oxygens (including phenoxy) is 4. The molecule has 0 radical (unpaired) electrons. The molecule has 3 aromatic carbocycles. The molecule has 0 aliphatic heterocycles. The van der Waals surface area contributed by atoms with Crippen molar-refractivity contribution < 1.29 is 28.5 Å². The van der Waals surface area contributed by atoms with Crippen molar-refractivity contribution in [2.24, 2.45) is 23.7 Å². The van der Waals surface area contributed by atoms with Crippen LogP contribution in [0.3, 0.4) is 0 Å². The second-order valence-electron chi connectivity index (χ2n) is 11.9. The molecule has 0 amide bonds. The highest BCUT2D eigenvalue weighted by Gasteiger charge is 2.42. The minimum Gasteiger partial charge on any atom is -0.481 e. The zero-order valence-corrected chi connectivity index (χ0v) is 22.7. The second-order valence-corrected chi connectivity index (χ2v) is 12.3. The molecule has 7 heteroatoms. The summed E-state index contributed by atoms with van der Waals surface area (Å²) in [5.74, 6) is 2.80. The maximum Gasteiger partial charge on any atom is 0.344 e. The minimum absolute atomic E-state index is 0.0118. The Hall–Kier alpha value is -2.99. The molecule has 4 bridgehead atoms. The third-order valence-corrected chi connectivity index (χ3v) is 9.70. The average molecular weight is 549 g/mol. The largest absolute Gasteiger partial charge is 0.481 e. The first-order valence-electron chi connectivity index (χ1n) is 14.3. The van der Waals surface area contributed by atoms with Crippen molar-refractivity contribution >= 4 is 45.1 Å². The van der Waals surface area contributed by atoms with Gasteiger partial charge in [0.05, 0.1) is 0 Å². The van der Waals surface area contributed by atoms with Crippen LogP contribution in [0, 0.1) is 23.7 Å². The first-order valence-corrected chi connectivity index (χ1v) is 14.7. The number of benzene rings is 3. The number of hydrogen-bond donors (Lipinski definition) is 0. The Morgan fingerprint density at radius 3 is 1.67 bits per heavy atom. The standard InChI is InChI=1S/C32H33ClO6/c33-22-9-10-25-26(15-22)32(37-17-30(35)39-28-14-19-6-8-21(28)12-19)24-4-2-1-3-23(24)31(25)36-16-29(34)38-27-13-18-5-7-20(27)11-18/h1-4,9-10,15,18-21,27-28H,5-8,11-14,16-17H2. The van der Waals surface area contributed by atoms with Crippen LogP contribution in [0.2, 0.25) is 5.02 Å². The summed E-state index contributed by atoms with van der Waals surface area (Å²) in [5, 5.41) is 3.56. The molecule has 0 aromatic heterocycles. The predicted molar refractivity (Wildman–Crippen MR) is 148 cm³/mol. The Bertz CT molecular complexity index is 1440. The highest BCUT2D eigenvalue weighted by Crippen LogP contribution is 2.47. The maximum atomic E-state index is 12.8. The normalized spacial score (nSPS) is 28.7. The minimum atomic E-state index is -0.351.